The Hall–Kier alpha value is -1.03. The zero-order valence-corrected chi connectivity index (χ0v) is 8.55. The predicted molar refractivity (Wildman–Crippen MR) is 55.9 cm³/mol. The summed E-state index contributed by atoms with van der Waals surface area (Å²) in [5, 5.41) is 5.09. The fourth-order valence-electron chi connectivity index (χ4n) is 0.884. The van der Waals surface area contributed by atoms with Gasteiger partial charge in [-0.25, -0.2) is 9.67 Å². The normalized spacial score (nSPS) is 9.92. The molecule has 0 aliphatic rings. The molecule has 0 atom stereocenters. The van der Waals surface area contributed by atoms with Crippen LogP contribution < -0.4 is 0 Å². The van der Waals surface area contributed by atoms with Crippen molar-refractivity contribution >= 4 is 11.8 Å². The maximum absolute atomic E-state index is 4.29. The van der Waals surface area contributed by atoms with Crippen molar-refractivity contribution in [3.63, 3.8) is 0 Å². The zero-order valence-electron chi connectivity index (χ0n) is 7.73. The molecular weight excluding hydrogens is 182 g/mol. The van der Waals surface area contributed by atoms with Crippen molar-refractivity contribution in [2.24, 2.45) is 0 Å². The maximum Gasteiger partial charge on any atom is 0.208 e. The van der Waals surface area contributed by atoms with Gasteiger partial charge in [0.05, 0.1) is 6.54 Å². The van der Waals surface area contributed by atoms with Gasteiger partial charge in [0.1, 0.15) is 5.82 Å². The SMILES string of the molecule is C=CCSc1nc(C)n(CC=C)n1. The lowest BCUT2D eigenvalue weighted by atomic mass is 10.6. The Bertz CT molecular complexity index is 304. The molecule has 0 saturated heterocycles. The Morgan fingerprint density at radius 1 is 1.46 bits per heavy atom. The highest BCUT2D eigenvalue weighted by Crippen LogP contribution is 2.13. The van der Waals surface area contributed by atoms with Crippen LogP contribution in [0.4, 0.5) is 0 Å². The van der Waals surface area contributed by atoms with Crippen molar-refractivity contribution < 1.29 is 0 Å². The molecule has 1 aromatic rings. The number of aromatic nitrogens is 3. The summed E-state index contributed by atoms with van der Waals surface area (Å²) < 4.78 is 1.83. The van der Waals surface area contributed by atoms with Crippen molar-refractivity contribution in [3.8, 4) is 0 Å². The number of hydrogen-bond acceptors (Lipinski definition) is 3. The summed E-state index contributed by atoms with van der Waals surface area (Å²) in [5.41, 5.74) is 0. The van der Waals surface area contributed by atoms with Crippen LogP contribution in [-0.4, -0.2) is 20.5 Å². The molecule has 1 heterocycles. The molecule has 0 amide bonds. The molecule has 0 fully saturated rings. The van der Waals surface area contributed by atoms with Gasteiger partial charge in [-0.15, -0.1) is 18.3 Å². The lowest BCUT2D eigenvalue weighted by Crippen LogP contribution is -1.99. The molecule has 13 heavy (non-hydrogen) atoms. The van der Waals surface area contributed by atoms with Gasteiger partial charge >= 0.3 is 0 Å². The lowest BCUT2D eigenvalue weighted by molar-refractivity contribution is 0.660. The average molecular weight is 195 g/mol. The van der Waals surface area contributed by atoms with Gasteiger partial charge in [0.25, 0.3) is 0 Å². The van der Waals surface area contributed by atoms with E-state index in [4.69, 9.17) is 0 Å². The van der Waals surface area contributed by atoms with Crippen LogP contribution in [0.2, 0.25) is 0 Å². The molecule has 0 aromatic carbocycles. The smallest absolute Gasteiger partial charge is 0.208 e. The number of allylic oxidation sites excluding steroid dienone is 1. The van der Waals surface area contributed by atoms with Crippen LogP contribution in [0.3, 0.4) is 0 Å². The first-order chi connectivity index (χ1) is 6.27. The molecule has 1 aromatic heterocycles. The van der Waals surface area contributed by atoms with Crippen molar-refractivity contribution in [3.05, 3.63) is 31.1 Å². The van der Waals surface area contributed by atoms with E-state index < -0.39 is 0 Å². The molecule has 0 aliphatic heterocycles. The van der Waals surface area contributed by atoms with Gasteiger partial charge < -0.3 is 0 Å². The van der Waals surface area contributed by atoms with E-state index in [2.05, 4.69) is 23.2 Å². The molecule has 0 unspecified atom stereocenters. The number of nitrogens with zero attached hydrogens (tertiary/aromatic N) is 3. The minimum atomic E-state index is 0.716. The zero-order chi connectivity index (χ0) is 9.68. The van der Waals surface area contributed by atoms with Gasteiger partial charge in [-0.3, -0.25) is 0 Å². The van der Waals surface area contributed by atoms with Crippen LogP contribution in [0.1, 0.15) is 5.82 Å². The Labute approximate surface area is 82.6 Å². The van der Waals surface area contributed by atoms with Crippen LogP contribution in [0.5, 0.6) is 0 Å². The van der Waals surface area contributed by atoms with E-state index in [0.29, 0.717) is 6.54 Å². The quantitative estimate of drug-likeness (QED) is 0.532. The molecule has 0 aliphatic carbocycles. The van der Waals surface area contributed by atoms with Crippen molar-refractivity contribution in [2.75, 3.05) is 5.75 Å². The number of hydrogen-bond donors (Lipinski definition) is 0. The highest BCUT2D eigenvalue weighted by molar-refractivity contribution is 7.99. The molecule has 1 rings (SSSR count). The summed E-state index contributed by atoms with van der Waals surface area (Å²) in [4.78, 5) is 4.29. The van der Waals surface area contributed by atoms with Gasteiger partial charge in [-0.1, -0.05) is 23.9 Å². The third-order valence-corrected chi connectivity index (χ3v) is 2.30. The van der Waals surface area contributed by atoms with Crippen LogP contribution in [-0.2, 0) is 6.54 Å². The molecule has 0 radical (unpaired) electrons. The second-order valence-corrected chi connectivity index (χ2v) is 3.50. The van der Waals surface area contributed by atoms with E-state index in [0.717, 1.165) is 16.7 Å². The summed E-state index contributed by atoms with van der Waals surface area (Å²) in [6.45, 7) is 9.95. The molecule has 0 bridgehead atoms. The van der Waals surface area contributed by atoms with Gasteiger partial charge in [0.15, 0.2) is 0 Å². The standard InChI is InChI=1S/C9H13N3S/c1-4-6-12-8(3)10-9(11-12)13-7-5-2/h4-5H,1-2,6-7H2,3H3. The van der Waals surface area contributed by atoms with Crippen LogP contribution in [0, 0.1) is 6.92 Å². The first-order valence-electron chi connectivity index (χ1n) is 4.04. The van der Waals surface area contributed by atoms with Crippen molar-refractivity contribution in [1.82, 2.24) is 14.8 Å². The topological polar surface area (TPSA) is 30.7 Å². The number of rotatable bonds is 5. The van der Waals surface area contributed by atoms with E-state index in [-0.39, 0.29) is 0 Å². The minimum absolute atomic E-state index is 0.716. The highest BCUT2D eigenvalue weighted by Gasteiger charge is 2.03. The summed E-state index contributed by atoms with van der Waals surface area (Å²) in [6, 6.07) is 0. The van der Waals surface area contributed by atoms with Gasteiger partial charge in [0, 0.05) is 5.75 Å². The molecule has 0 spiro atoms. The van der Waals surface area contributed by atoms with E-state index in [1.165, 1.54) is 0 Å². The van der Waals surface area contributed by atoms with Crippen LogP contribution >= 0.6 is 11.8 Å². The van der Waals surface area contributed by atoms with Crippen molar-refractivity contribution in [1.29, 1.82) is 0 Å². The largest absolute Gasteiger partial charge is 0.245 e. The van der Waals surface area contributed by atoms with Crippen LogP contribution in [0.25, 0.3) is 0 Å². The summed E-state index contributed by atoms with van der Waals surface area (Å²) in [5.74, 6) is 1.77. The second-order valence-electron chi connectivity index (χ2n) is 2.51. The van der Waals surface area contributed by atoms with Crippen LogP contribution in [0.15, 0.2) is 30.5 Å². The molecule has 0 N–H and O–H groups in total. The third kappa shape index (κ3) is 2.73. The Morgan fingerprint density at radius 2 is 2.23 bits per heavy atom. The first kappa shape index (κ1) is 10.1. The molecular formula is C9H13N3S. The molecule has 70 valence electrons. The Morgan fingerprint density at radius 3 is 2.85 bits per heavy atom. The van der Waals surface area contributed by atoms with E-state index in [1.807, 2.05) is 23.8 Å². The van der Waals surface area contributed by atoms with Crippen molar-refractivity contribution in [2.45, 2.75) is 18.6 Å². The molecule has 4 heteroatoms. The molecule has 3 nitrogen and oxygen atoms in total. The Kier molecular flexibility index (Phi) is 3.76. The number of thioether (sulfide) groups is 1. The highest BCUT2D eigenvalue weighted by atomic mass is 32.2. The van der Waals surface area contributed by atoms with Gasteiger partial charge in [-0.2, -0.15) is 0 Å². The summed E-state index contributed by atoms with van der Waals surface area (Å²) >= 11 is 1.59. The predicted octanol–water partition coefficient (Wildman–Crippen LogP) is 2.05. The maximum atomic E-state index is 4.29. The third-order valence-electron chi connectivity index (χ3n) is 1.47. The van der Waals surface area contributed by atoms with E-state index in [1.54, 1.807) is 11.8 Å². The Balaban J connectivity index is 2.69. The first-order valence-corrected chi connectivity index (χ1v) is 5.02. The van der Waals surface area contributed by atoms with E-state index >= 15 is 0 Å². The fourth-order valence-corrected chi connectivity index (χ4v) is 1.50. The number of aryl methyl sites for hydroxylation is 1. The molecule has 0 saturated carbocycles. The lowest BCUT2D eigenvalue weighted by Gasteiger charge is -1.94. The second kappa shape index (κ2) is 4.87. The summed E-state index contributed by atoms with van der Waals surface area (Å²) in [6.07, 6.45) is 3.65. The average Bonchev–Trinajstić information content (AvgIpc) is 2.45. The fraction of sp³-hybridized carbons (Fsp3) is 0.333. The van der Waals surface area contributed by atoms with Gasteiger partial charge in [-0.05, 0) is 6.92 Å². The van der Waals surface area contributed by atoms with Gasteiger partial charge in [0.2, 0.25) is 5.16 Å². The minimum Gasteiger partial charge on any atom is -0.245 e. The monoisotopic (exact) mass is 195 g/mol. The summed E-state index contributed by atoms with van der Waals surface area (Å²) in [7, 11) is 0. The van der Waals surface area contributed by atoms with E-state index in [9.17, 15) is 0 Å².